The maximum atomic E-state index is 11.7. The van der Waals surface area contributed by atoms with E-state index in [1.807, 2.05) is 4.90 Å². The molecular formula is C11H17ClN4O. The molecule has 1 rings (SSSR count). The Morgan fingerprint density at radius 3 is 2.53 bits per heavy atom. The van der Waals surface area contributed by atoms with E-state index in [1.54, 1.807) is 31.1 Å². The summed E-state index contributed by atoms with van der Waals surface area (Å²) in [6, 6.07) is 3.45. The van der Waals surface area contributed by atoms with Gasteiger partial charge in [-0.05, 0) is 18.6 Å². The zero-order valence-electron chi connectivity index (χ0n) is 10.4. The Hall–Kier alpha value is -1.36. The fourth-order valence-corrected chi connectivity index (χ4v) is 1.43. The molecule has 0 aliphatic heterocycles. The summed E-state index contributed by atoms with van der Waals surface area (Å²) in [5.74, 6) is 0.710. The van der Waals surface area contributed by atoms with E-state index in [0.717, 1.165) is 13.0 Å². The van der Waals surface area contributed by atoms with Gasteiger partial charge in [0, 0.05) is 20.6 Å². The van der Waals surface area contributed by atoms with Crippen LogP contribution in [0.4, 0.5) is 5.82 Å². The van der Waals surface area contributed by atoms with Crippen molar-refractivity contribution in [2.75, 3.05) is 32.1 Å². The molecule has 0 bridgehead atoms. The number of halogens is 1. The lowest BCUT2D eigenvalue weighted by Crippen LogP contribution is -2.37. The van der Waals surface area contributed by atoms with Crippen LogP contribution in [0.2, 0.25) is 5.15 Å². The number of hydrogen-bond donors (Lipinski definition) is 0. The number of nitrogens with zero attached hydrogens (tertiary/aromatic N) is 4. The van der Waals surface area contributed by atoms with E-state index in [0.29, 0.717) is 17.5 Å². The van der Waals surface area contributed by atoms with Crippen molar-refractivity contribution >= 4 is 23.3 Å². The molecule has 0 N–H and O–H groups in total. The minimum absolute atomic E-state index is 0.0372. The Kier molecular flexibility index (Phi) is 5.15. The summed E-state index contributed by atoms with van der Waals surface area (Å²) >= 11 is 5.68. The third kappa shape index (κ3) is 4.19. The highest BCUT2D eigenvalue weighted by Crippen LogP contribution is 2.12. The van der Waals surface area contributed by atoms with Crippen molar-refractivity contribution in [2.24, 2.45) is 0 Å². The summed E-state index contributed by atoms with van der Waals surface area (Å²) in [6.45, 7) is 3.11. The Balaban J connectivity index is 2.78. The van der Waals surface area contributed by atoms with Crippen LogP contribution >= 0.6 is 11.6 Å². The molecule has 94 valence electrons. The van der Waals surface area contributed by atoms with Gasteiger partial charge in [0.25, 0.3) is 0 Å². The second kappa shape index (κ2) is 6.39. The second-order valence-electron chi connectivity index (χ2n) is 3.92. The van der Waals surface area contributed by atoms with E-state index < -0.39 is 0 Å². The van der Waals surface area contributed by atoms with Crippen molar-refractivity contribution < 1.29 is 4.79 Å². The van der Waals surface area contributed by atoms with Crippen LogP contribution in [0.1, 0.15) is 13.3 Å². The second-order valence-corrected chi connectivity index (χ2v) is 4.31. The van der Waals surface area contributed by atoms with Gasteiger partial charge in [-0.15, -0.1) is 10.2 Å². The predicted molar refractivity (Wildman–Crippen MR) is 68.2 cm³/mol. The van der Waals surface area contributed by atoms with E-state index in [4.69, 9.17) is 11.6 Å². The first-order valence-electron chi connectivity index (χ1n) is 5.49. The Bertz CT molecular complexity index is 366. The lowest BCUT2D eigenvalue weighted by molar-refractivity contribution is -0.127. The number of carbonyl (C=O) groups excluding carboxylic acids is 1. The van der Waals surface area contributed by atoms with Gasteiger partial charge < -0.3 is 9.80 Å². The van der Waals surface area contributed by atoms with Gasteiger partial charge in [-0.25, -0.2) is 0 Å². The Morgan fingerprint density at radius 1 is 1.35 bits per heavy atom. The monoisotopic (exact) mass is 256 g/mol. The zero-order valence-corrected chi connectivity index (χ0v) is 11.1. The summed E-state index contributed by atoms with van der Waals surface area (Å²) in [4.78, 5) is 15.1. The third-order valence-electron chi connectivity index (χ3n) is 2.26. The van der Waals surface area contributed by atoms with Gasteiger partial charge in [0.2, 0.25) is 5.91 Å². The normalized spacial score (nSPS) is 10.1. The van der Waals surface area contributed by atoms with Gasteiger partial charge in [-0.1, -0.05) is 18.5 Å². The van der Waals surface area contributed by atoms with Crippen LogP contribution in [0.3, 0.4) is 0 Å². The number of aromatic nitrogens is 2. The van der Waals surface area contributed by atoms with Crippen LogP contribution in [-0.2, 0) is 4.79 Å². The van der Waals surface area contributed by atoms with Crippen molar-refractivity contribution in [3.8, 4) is 0 Å². The molecule has 0 fully saturated rings. The van der Waals surface area contributed by atoms with Crippen molar-refractivity contribution in [3.05, 3.63) is 17.3 Å². The highest BCUT2D eigenvalue weighted by molar-refractivity contribution is 6.29. The average Bonchev–Trinajstić information content (AvgIpc) is 2.29. The number of hydrogen-bond acceptors (Lipinski definition) is 4. The number of amides is 1. The number of rotatable bonds is 5. The molecule has 1 amide bonds. The maximum absolute atomic E-state index is 11.7. The van der Waals surface area contributed by atoms with Crippen molar-refractivity contribution in [1.82, 2.24) is 15.1 Å². The summed E-state index contributed by atoms with van der Waals surface area (Å²) in [5.41, 5.74) is 0. The van der Waals surface area contributed by atoms with Crippen LogP contribution in [0.5, 0.6) is 0 Å². The standard InChI is InChI=1S/C11H17ClN4O/c1-4-7-16(8-11(17)15(2)3)10-6-5-9(12)13-14-10/h5-6H,4,7-8H2,1-3H3. The quantitative estimate of drug-likeness (QED) is 0.800. The highest BCUT2D eigenvalue weighted by Gasteiger charge is 2.13. The first-order chi connectivity index (χ1) is 8.04. The number of carbonyl (C=O) groups is 1. The van der Waals surface area contributed by atoms with Gasteiger partial charge in [0.15, 0.2) is 11.0 Å². The molecule has 6 heteroatoms. The molecule has 0 unspecified atom stereocenters. The summed E-state index contributed by atoms with van der Waals surface area (Å²) < 4.78 is 0. The van der Waals surface area contributed by atoms with Gasteiger partial charge in [0.05, 0.1) is 6.54 Å². The minimum atomic E-state index is 0.0372. The van der Waals surface area contributed by atoms with Crippen LogP contribution in [-0.4, -0.2) is 48.2 Å². The van der Waals surface area contributed by atoms with Crippen molar-refractivity contribution in [1.29, 1.82) is 0 Å². The van der Waals surface area contributed by atoms with Gasteiger partial charge in [-0.2, -0.15) is 0 Å². The van der Waals surface area contributed by atoms with E-state index in [1.165, 1.54) is 0 Å². The molecule has 1 aromatic rings. The van der Waals surface area contributed by atoms with E-state index in [-0.39, 0.29) is 5.91 Å². The molecular weight excluding hydrogens is 240 g/mol. The lowest BCUT2D eigenvalue weighted by Gasteiger charge is -2.23. The van der Waals surface area contributed by atoms with Crippen molar-refractivity contribution in [2.45, 2.75) is 13.3 Å². The molecule has 17 heavy (non-hydrogen) atoms. The third-order valence-corrected chi connectivity index (χ3v) is 2.46. The summed E-state index contributed by atoms with van der Waals surface area (Å²) in [5, 5.41) is 8.12. The molecule has 0 saturated heterocycles. The lowest BCUT2D eigenvalue weighted by atomic mass is 10.3. The maximum Gasteiger partial charge on any atom is 0.241 e. The molecule has 5 nitrogen and oxygen atoms in total. The fraction of sp³-hybridized carbons (Fsp3) is 0.545. The highest BCUT2D eigenvalue weighted by atomic mass is 35.5. The average molecular weight is 257 g/mol. The van der Waals surface area contributed by atoms with Crippen LogP contribution < -0.4 is 4.90 Å². The zero-order chi connectivity index (χ0) is 12.8. The molecule has 0 aliphatic carbocycles. The topological polar surface area (TPSA) is 49.3 Å². The molecule has 0 saturated carbocycles. The predicted octanol–water partition coefficient (Wildman–Crippen LogP) is 1.43. The Labute approximate surface area is 106 Å². The summed E-state index contributed by atoms with van der Waals surface area (Å²) in [6.07, 6.45) is 0.936. The van der Waals surface area contributed by atoms with Crippen LogP contribution in [0.15, 0.2) is 12.1 Å². The largest absolute Gasteiger partial charge is 0.347 e. The first-order valence-corrected chi connectivity index (χ1v) is 5.86. The molecule has 0 atom stereocenters. The fourth-order valence-electron chi connectivity index (χ4n) is 1.33. The molecule has 0 radical (unpaired) electrons. The minimum Gasteiger partial charge on any atom is -0.347 e. The van der Waals surface area contributed by atoms with Crippen LogP contribution in [0.25, 0.3) is 0 Å². The van der Waals surface area contributed by atoms with Gasteiger partial charge >= 0.3 is 0 Å². The SMILES string of the molecule is CCCN(CC(=O)N(C)C)c1ccc(Cl)nn1. The number of anilines is 1. The smallest absolute Gasteiger partial charge is 0.241 e. The molecule has 1 heterocycles. The molecule has 0 aliphatic rings. The molecule has 1 aromatic heterocycles. The molecule has 0 spiro atoms. The van der Waals surface area contributed by atoms with E-state index in [9.17, 15) is 4.79 Å². The Morgan fingerprint density at radius 2 is 2.06 bits per heavy atom. The molecule has 0 aromatic carbocycles. The van der Waals surface area contributed by atoms with Crippen molar-refractivity contribution in [3.63, 3.8) is 0 Å². The number of likely N-dealkylation sites (N-methyl/N-ethyl adjacent to an activating group) is 1. The first kappa shape index (κ1) is 13.7. The van der Waals surface area contributed by atoms with E-state index >= 15 is 0 Å². The van der Waals surface area contributed by atoms with Crippen LogP contribution in [0, 0.1) is 0 Å². The summed E-state index contributed by atoms with van der Waals surface area (Å²) in [7, 11) is 3.47. The van der Waals surface area contributed by atoms with E-state index in [2.05, 4.69) is 17.1 Å². The van der Waals surface area contributed by atoms with Gasteiger partial charge in [0.1, 0.15) is 0 Å². The van der Waals surface area contributed by atoms with Gasteiger partial charge in [-0.3, -0.25) is 4.79 Å².